The van der Waals surface area contributed by atoms with Gasteiger partial charge in [0, 0.05) is 62.8 Å². The van der Waals surface area contributed by atoms with Crippen LogP contribution in [0.3, 0.4) is 0 Å². The van der Waals surface area contributed by atoms with E-state index in [1.54, 1.807) is 12.4 Å². The number of piperazine rings is 1. The predicted molar refractivity (Wildman–Crippen MR) is 119 cm³/mol. The molecular weight excluding hydrogens is 386 g/mol. The average Bonchev–Trinajstić information content (AvgIpc) is 3.22. The molecule has 2 heterocycles. The first kappa shape index (κ1) is 21.7. The van der Waals surface area contributed by atoms with Crippen LogP contribution in [0.4, 0.5) is 5.95 Å². The Morgan fingerprint density at radius 2 is 2.00 bits per heavy atom. The molecule has 1 aliphatic heterocycles. The van der Waals surface area contributed by atoms with Crippen LogP contribution in [0, 0.1) is 0 Å². The maximum atomic E-state index is 12.6. The number of anilines is 1. The van der Waals surface area contributed by atoms with Gasteiger partial charge in [0.15, 0.2) is 5.96 Å². The number of nitrogens with zero attached hydrogens (tertiary/aromatic N) is 5. The summed E-state index contributed by atoms with van der Waals surface area (Å²) in [4.78, 5) is 29.8. The van der Waals surface area contributed by atoms with Gasteiger partial charge in [-0.25, -0.2) is 9.97 Å². The number of hydrogen-bond acceptors (Lipinski definition) is 6. The molecule has 29 heavy (non-hydrogen) atoms. The molecule has 2 unspecified atom stereocenters. The second-order valence-electron chi connectivity index (χ2n) is 7.44. The molecule has 1 saturated heterocycles. The maximum Gasteiger partial charge on any atom is 0.225 e. The van der Waals surface area contributed by atoms with Crippen LogP contribution in [0.2, 0.25) is 0 Å². The van der Waals surface area contributed by atoms with E-state index >= 15 is 0 Å². The van der Waals surface area contributed by atoms with Crippen molar-refractivity contribution in [3.05, 3.63) is 18.5 Å². The van der Waals surface area contributed by atoms with Crippen LogP contribution in [0.1, 0.15) is 32.6 Å². The van der Waals surface area contributed by atoms with Crippen LogP contribution in [0.25, 0.3) is 0 Å². The lowest BCUT2D eigenvalue weighted by Gasteiger charge is -2.34. The predicted octanol–water partition coefficient (Wildman–Crippen LogP) is 1.35. The number of hydrogen-bond donors (Lipinski definition) is 2. The van der Waals surface area contributed by atoms with Gasteiger partial charge >= 0.3 is 0 Å². The highest BCUT2D eigenvalue weighted by Gasteiger charge is 2.25. The van der Waals surface area contributed by atoms with Crippen molar-refractivity contribution in [1.29, 1.82) is 0 Å². The van der Waals surface area contributed by atoms with Gasteiger partial charge in [0.05, 0.1) is 6.54 Å². The molecular formula is C20H33N7OS. The van der Waals surface area contributed by atoms with Crippen molar-refractivity contribution in [3.8, 4) is 0 Å². The van der Waals surface area contributed by atoms with Crippen LogP contribution in [0.15, 0.2) is 23.5 Å². The summed E-state index contributed by atoms with van der Waals surface area (Å²) in [6.07, 6.45) is 9.75. The van der Waals surface area contributed by atoms with Crippen molar-refractivity contribution in [1.82, 2.24) is 25.5 Å². The number of aromatic nitrogens is 2. The molecule has 1 saturated carbocycles. The van der Waals surface area contributed by atoms with Crippen LogP contribution in [-0.4, -0.2) is 83.6 Å². The Morgan fingerprint density at radius 3 is 2.66 bits per heavy atom. The fraction of sp³-hybridized carbons (Fsp3) is 0.700. The zero-order valence-corrected chi connectivity index (χ0v) is 18.3. The number of thioether (sulfide) groups is 1. The molecule has 160 valence electrons. The van der Waals surface area contributed by atoms with Gasteiger partial charge in [0.25, 0.3) is 0 Å². The third-order valence-electron chi connectivity index (χ3n) is 5.47. The minimum absolute atomic E-state index is 0.168. The molecule has 1 amide bonds. The molecule has 0 spiro atoms. The smallest absolute Gasteiger partial charge is 0.225 e. The van der Waals surface area contributed by atoms with E-state index in [2.05, 4.69) is 43.7 Å². The monoisotopic (exact) mass is 419 g/mol. The lowest BCUT2D eigenvalue weighted by atomic mass is 10.2. The summed E-state index contributed by atoms with van der Waals surface area (Å²) >= 11 is 1.95. The van der Waals surface area contributed by atoms with Crippen LogP contribution < -0.4 is 15.5 Å². The summed E-state index contributed by atoms with van der Waals surface area (Å²) in [5.41, 5.74) is 0. The first-order chi connectivity index (χ1) is 14.2. The van der Waals surface area contributed by atoms with E-state index in [1.807, 2.05) is 22.7 Å². The van der Waals surface area contributed by atoms with E-state index in [1.165, 1.54) is 19.3 Å². The Labute approximate surface area is 177 Å². The van der Waals surface area contributed by atoms with Crippen LogP contribution in [-0.2, 0) is 4.79 Å². The normalized spacial score (nSPS) is 22.6. The van der Waals surface area contributed by atoms with Gasteiger partial charge in [-0.3, -0.25) is 9.79 Å². The minimum atomic E-state index is 0.168. The summed E-state index contributed by atoms with van der Waals surface area (Å²) in [6.45, 7) is 6.34. The third kappa shape index (κ3) is 6.48. The number of guanidine groups is 1. The van der Waals surface area contributed by atoms with Crippen LogP contribution >= 0.6 is 11.8 Å². The summed E-state index contributed by atoms with van der Waals surface area (Å²) in [5, 5.41) is 7.59. The molecule has 8 nitrogen and oxygen atoms in total. The average molecular weight is 420 g/mol. The van der Waals surface area contributed by atoms with E-state index < -0.39 is 0 Å². The Morgan fingerprint density at radius 1 is 1.24 bits per heavy atom. The summed E-state index contributed by atoms with van der Waals surface area (Å²) in [7, 11) is 0. The Kier molecular flexibility index (Phi) is 8.39. The molecule has 3 rings (SSSR count). The first-order valence-electron chi connectivity index (χ1n) is 10.6. The summed E-state index contributed by atoms with van der Waals surface area (Å²) in [6, 6.07) is 2.29. The van der Waals surface area contributed by atoms with Crippen LogP contribution in [0.5, 0.6) is 0 Å². The van der Waals surface area contributed by atoms with E-state index in [0.717, 1.165) is 36.8 Å². The van der Waals surface area contributed by atoms with Gasteiger partial charge in [-0.1, -0.05) is 0 Å². The lowest BCUT2D eigenvalue weighted by Crippen LogP contribution is -2.49. The fourth-order valence-corrected chi connectivity index (χ4v) is 4.63. The number of aliphatic imine (C=N–C) groups is 1. The van der Waals surface area contributed by atoms with Gasteiger partial charge in [0.1, 0.15) is 0 Å². The molecule has 9 heteroatoms. The summed E-state index contributed by atoms with van der Waals surface area (Å²) in [5.74, 6) is 1.74. The second-order valence-corrected chi connectivity index (χ2v) is 8.58. The number of rotatable bonds is 7. The van der Waals surface area contributed by atoms with E-state index in [0.29, 0.717) is 32.1 Å². The number of amides is 1. The molecule has 1 aromatic rings. The zero-order chi connectivity index (χ0) is 20.5. The first-order valence-corrected chi connectivity index (χ1v) is 11.9. The van der Waals surface area contributed by atoms with E-state index in [-0.39, 0.29) is 5.91 Å². The van der Waals surface area contributed by atoms with Gasteiger partial charge in [-0.05, 0) is 38.5 Å². The van der Waals surface area contributed by atoms with Crippen molar-refractivity contribution in [3.63, 3.8) is 0 Å². The summed E-state index contributed by atoms with van der Waals surface area (Å²) < 4.78 is 0. The van der Waals surface area contributed by atoms with Crippen molar-refractivity contribution in [2.75, 3.05) is 50.4 Å². The van der Waals surface area contributed by atoms with E-state index in [4.69, 9.17) is 0 Å². The number of carbonyl (C=O) groups excluding carboxylic acids is 1. The Bertz CT molecular complexity index is 664. The standard InChI is InChI=1S/C20H33N7OS/c1-3-21-19(25-16-5-6-17(15-16)29-2)22-10-7-18(28)26-11-13-27(14-12-26)20-23-8-4-9-24-20/h4,8-9,16-17H,3,5-7,10-15H2,1-2H3,(H2,21,22,25). The third-order valence-corrected chi connectivity index (χ3v) is 6.56. The van der Waals surface area contributed by atoms with Crippen molar-refractivity contribution >= 4 is 29.6 Å². The number of carbonyl (C=O) groups is 1. The minimum Gasteiger partial charge on any atom is -0.357 e. The van der Waals surface area contributed by atoms with Gasteiger partial charge in [-0.15, -0.1) is 0 Å². The van der Waals surface area contributed by atoms with Crippen molar-refractivity contribution in [2.45, 2.75) is 43.9 Å². The lowest BCUT2D eigenvalue weighted by molar-refractivity contribution is -0.131. The molecule has 0 radical (unpaired) electrons. The Hall–Kier alpha value is -2.03. The Balaban J connectivity index is 1.41. The molecule has 2 atom stereocenters. The highest BCUT2D eigenvalue weighted by Crippen LogP contribution is 2.28. The molecule has 2 aliphatic rings. The molecule has 2 N–H and O–H groups in total. The van der Waals surface area contributed by atoms with Crippen molar-refractivity contribution in [2.24, 2.45) is 4.99 Å². The van der Waals surface area contributed by atoms with Gasteiger partial charge in [-0.2, -0.15) is 11.8 Å². The molecule has 0 aromatic carbocycles. The van der Waals surface area contributed by atoms with Crippen molar-refractivity contribution < 1.29 is 4.79 Å². The molecule has 2 fully saturated rings. The largest absolute Gasteiger partial charge is 0.357 e. The van der Waals surface area contributed by atoms with Gasteiger partial charge < -0.3 is 20.4 Å². The quantitative estimate of drug-likeness (QED) is 0.510. The molecule has 0 bridgehead atoms. The highest BCUT2D eigenvalue weighted by molar-refractivity contribution is 7.99. The SMILES string of the molecule is CCNC(=NCCC(=O)N1CCN(c2ncccn2)CC1)NC1CCC(SC)C1. The highest BCUT2D eigenvalue weighted by atomic mass is 32.2. The maximum absolute atomic E-state index is 12.6. The molecule has 1 aromatic heterocycles. The second kappa shape index (κ2) is 11.2. The van der Waals surface area contributed by atoms with E-state index in [9.17, 15) is 4.79 Å². The molecule has 1 aliphatic carbocycles. The van der Waals surface area contributed by atoms with Gasteiger partial charge in [0.2, 0.25) is 11.9 Å². The fourth-order valence-electron chi connectivity index (χ4n) is 3.83. The number of nitrogens with one attached hydrogen (secondary N) is 2. The zero-order valence-electron chi connectivity index (χ0n) is 17.5. The topological polar surface area (TPSA) is 85.8 Å².